The van der Waals surface area contributed by atoms with E-state index in [2.05, 4.69) is 0 Å². The molecular formula is C18H20ClN3O4. The molecule has 8 heteroatoms. The summed E-state index contributed by atoms with van der Waals surface area (Å²) in [5.74, 6) is -0.796. The number of amides is 4. The van der Waals surface area contributed by atoms with E-state index < -0.39 is 0 Å². The molecule has 0 aliphatic carbocycles. The third kappa shape index (κ3) is 3.58. The zero-order valence-corrected chi connectivity index (χ0v) is 15.1. The summed E-state index contributed by atoms with van der Waals surface area (Å²) >= 11 is 5.54. The number of alkyl halides is 1. The van der Waals surface area contributed by atoms with Crippen LogP contribution in [0.25, 0.3) is 0 Å². The summed E-state index contributed by atoms with van der Waals surface area (Å²) in [5.41, 5.74) is 0.841. The second-order valence-electron chi connectivity index (χ2n) is 6.31. The van der Waals surface area contributed by atoms with Crippen molar-refractivity contribution in [3.05, 3.63) is 35.4 Å². The Balaban J connectivity index is 1.46. The molecule has 0 radical (unpaired) electrons. The standard InChI is InChI=1S/C18H20ClN3O4/c19-12-16(24)21-10-8-20(9-11-21)15(23)6-3-7-22-17(25)13-4-1-2-5-14(13)18(22)26/h1-2,4-5H,3,6-12H2. The minimum Gasteiger partial charge on any atom is -0.339 e. The van der Waals surface area contributed by atoms with Crippen LogP contribution in [0.2, 0.25) is 0 Å². The Labute approximate surface area is 156 Å². The second kappa shape index (κ2) is 7.86. The van der Waals surface area contributed by atoms with Gasteiger partial charge in [-0.15, -0.1) is 11.6 Å². The number of rotatable bonds is 5. The molecule has 2 aliphatic heterocycles. The van der Waals surface area contributed by atoms with Gasteiger partial charge in [-0.1, -0.05) is 12.1 Å². The third-order valence-electron chi connectivity index (χ3n) is 4.75. The van der Waals surface area contributed by atoms with Gasteiger partial charge in [0.1, 0.15) is 5.88 Å². The smallest absolute Gasteiger partial charge is 0.261 e. The summed E-state index contributed by atoms with van der Waals surface area (Å²) in [5, 5.41) is 0. The van der Waals surface area contributed by atoms with Gasteiger partial charge in [0.05, 0.1) is 11.1 Å². The van der Waals surface area contributed by atoms with E-state index in [4.69, 9.17) is 11.6 Å². The Morgan fingerprint density at radius 3 is 1.88 bits per heavy atom. The van der Waals surface area contributed by atoms with Crippen molar-refractivity contribution < 1.29 is 19.2 Å². The minimum atomic E-state index is -0.300. The van der Waals surface area contributed by atoms with E-state index in [1.807, 2.05) is 0 Å². The molecule has 1 aromatic carbocycles. The first kappa shape index (κ1) is 18.4. The Morgan fingerprint density at radius 2 is 1.38 bits per heavy atom. The fourth-order valence-corrected chi connectivity index (χ4v) is 3.45. The van der Waals surface area contributed by atoms with E-state index in [0.29, 0.717) is 43.7 Å². The summed E-state index contributed by atoms with van der Waals surface area (Å²) in [6.45, 7) is 2.15. The molecule has 0 saturated carbocycles. The fraction of sp³-hybridized carbons (Fsp3) is 0.444. The van der Waals surface area contributed by atoms with Crippen molar-refractivity contribution in [3.63, 3.8) is 0 Å². The lowest BCUT2D eigenvalue weighted by molar-refractivity contribution is -0.138. The highest BCUT2D eigenvalue weighted by Gasteiger charge is 2.34. The molecule has 7 nitrogen and oxygen atoms in total. The van der Waals surface area contributed by atoms with E-state index >= 15 is 0 Å². The molecule has 1 saturated heterocycles. The average molecular weight is 378 g/mol. The van der Waals surface area contributed by atoms with Gasteiger partial charge < -0.3 is 9.80 Å². The summed E-state index contributed by atoms with van der Waals surface area (Å²) in [6.07, 6.45) is 0.683. The number of nitrogens with zero attached hydrogens (tertiary/aromatic N) is 3. The van der Waals surface area contributed by atoms with Crippen LogP contribution < -0.4 is 0 Å². The van der Waals surface area contributed by atoms with E-state index in [1.165, 1.54) is 4.90 Å². The number of hydrogen-bond acceptors (Lipinski definition) is 4. The van der Waals surface area contributed by atoms with Gasteiger partial charge >= 0.3 is 0 Å². The molecule has 1 aromatic rings. The average Bonchev–Trinajstić information content (AvgIpc) is 2.92. The molecule has 1 fully saturated rings. The van der Waals surface area contributed by atoms with Crippen LogP contribution in [0.4, 0.5) is 0 Å². The van der Waals surface area contributed by atoms with Gasteiger partial charge in [-0.05, 0) is 18.6 Å². The maximum absolute atomic E-state index is 12.3. The number of carbonyl (C=O) groups excluding carboxylic acids is 4. The van der Waals surface area contributed by atoms with Crippen LogP contribution in [0.3, 0.4) is 0 Å². The van der Waals surface area contributed by atoms with Crippen LogP contribution in [0.5, 0.6) is 0 Å². The maximum atomic E-state index is 12.3. The highest BCUT2D eigenvalue weighted by atomic mass is 35.5. The van der Waals surface area contributed by atoms with Gasteiger partial charge in [0.2, 0.25) is 11.8 Å². The SMILES string of the molecule is O=C(CCl)N1CCN(C(=O)CCCN2C(=O)c3ccccc3C2=O)CC1. The van der Waals surface area contributed by atoms with Crippen LogP contribution in [-0.4, -0.2) is 76.9 Å². The van der Waals surface area contributed by atoms with Gasteiger partial charge in [-0.3, -0.25) is 24.1 Å². The normalized spacial score (nSPS) is 16.9. The number of benzene rings is 1. The van der Waals surface area contributed by atoms with E-state index in [-0.39, 0.29) is 42.5 Å². The summed E-state index contributed by atoms with van der Waals surface area (Å²) in [6, 6.07) is 6.74. The molecule has 2 aliphatic rings. The summed E-state index contributed by atoms with van der Waals surface area (Å²) < 4.78 is 0. The summed E-state index contributed by atoms with van der Waals surface area (Å²) in [4.78, 5) is 53.0. The molecular weight excluding hydrogens is 358 g/mol. The van der Waals surface area contributed by atoms with E-state index in [1.54, 1.807) is 34.1 Å². The van der Waals surface area contributed by atoms with Gasteiger partial charge in [-0.2, -0.15) is 0 Å². The lowest BCUT2D eigenvalue weighted by Crippen LogP contribution is -2.51. The van der Waals surface area contributed by atoms with Gasteiger partial charge in [0.15, 0.2) is 0 Å². The molecule has 3 rings (SSSR count). The molecule has 2 heterocycles. The quantitative estimate of drug-likeness (QED) is 0.566. The Hall–Kier alpha value is -2.41. The molecule has 0 atom stereocenters. The van der Waals surface area contributed by atoms with Crippen molar-refractivity contribution in [1.29, 1.82) is 0 Å². The first-order valence-corrected chi connectivity index (χ1v) is 9.13. The maximum Gasteiger partial charge on any atom is 0.261 e. The highest BCUT2D eigenvalue weighted by molar-refractivity contribution is 6.27. The predicted octanol–water partition coefficient (Wildman–Crippen LogP) is 0.972. The van der Waals surface area contributed by atoms with Crippen molar-refractivity contribution in [1.82, 2.24) is 14.7 Å². The van der Waals surface area contributed by atoms with Gasteiger partial charge in [-0.25, -0.2) is 0 Å². The first-order chi connectivity index (χ1) is 12.5. The monoisotopic (exact) mass is 377 g/mol. The highest BCUT2D eigenvalue weighted by Crippen LogP contribution is 2.22. The van der Waals surface area contributed by atoms with Crippen molar-refractivity contribution in [2.24, 2.45) is 0 Å². The topological polar surface area (TPSA) is 78.0 Å². The number of hydrogen-bond donors (Lipinski definition) is 0. The molecule has 0 aromatic heterocycles. The van der Waals surface area contributed by atoms with E-state index in [0.717, 1.165) is 0 Å². The zero-order chi connectivity index (χ0) is 18.7. The molecule has 0 unspecified atom stereocenters. The predicted molar refractivity (Wildman–Crippen MR) is 94.9 cm³/mol. The Morgan fingerprint density at radius 1 is 0.885 bits per heavy atom. The van der Waals surface area contributed by atoms with Crippen LogP contribution in [-0.2, 0) is 9.59 Å². The fourth-order valence-electron chi connectivity index (χ4n) is 3.28. The molecule has 26 heavy (non-hydrogen) atoms. The third-order valence-corrected chi connectivity index (χ3v) is 4.98. The van der Waals surface area contributed by atoms with Crippen molar-refractivity contribution in [2.75, 3.05) is 38.6 Å². The number of carbonyl (C=O) groups is 4. The summed E-state index contributed by atoms with van der Waals surface area (Å²) in [7, 11) is 0. The van der Waals surface area contributed by atoms with Crippen molar-refractivity contribution in [2.45, 2.75) is 12.8 Å². The van der Waals surface area contributed by atoms with Gasteiger partial charge in [0.25, 0.3) is 11.8 Å². The largest absolute Gasteiger partial charge is 0.339 e. The number of fused-ring (bicyclic) bond motifs is 1. The molecule has 4 amide bonds. The lowest BCUT2D eigenvalue weighted by atomic mass is 10.1. The first-order valence-electron chi connectivity index (χ1n) is 8.59. The van der Waals surface area contributed by atoms with Crippen molar-refractivity contribution >= 4 is 35.2 Å². The van der Waals surface area contributed by atoms with Crippen LogP contribution in [0.1, 0.15) is 33.6 Å². The Kier molecular flexibility index (Phi) is 5.56. The number of imide groups is 1. The lowest BCUT2D eigenvalue weighted by Gasteiger charge is -2.34. The second-order valence-corrected chi connectivity index (χ2v) is 6.57. The minimum absolute atomic E-state index is 0.0282. The van der Waals surface area contributed by atoms with Crippen LogP contribution in [0, 0.1) is 0 Å². The number of halogens is 1. The van der Waals surface area contributed by atoms with Crippen LogP contribution >= 0.6 is 11.6 Å². The molecule has 138 valence electrons. The molecule has 0 N–H and O–H groups in total. The molecule has 0 spiro atoms. The number of piperazine rings is 1. The Bertz CT molecular complexity index is 709. The van der Waals surface area contributed by atoms with Crippen molar-refractivity contribution in [3.8, 4) is 0 Å². The van der Waals surface area contributed by atoms with Crippen LogP contribution in [0.15, 0.2) is 24.3 Å². The van der Waals surface area contributed by atoms with E-state index in [9.17, 15) is 19.2 Å². The molecule has 0 bridgehead atoms. The zero-order valence-electron chi connectivity index (χ0n) is 14.3. The van der Waals surface area contributed by atoms with Gasteiger partial charge in [0, 0.05) is 39.1 Å².